The molecule has 3 aliphatic heterocycles. The van der Waals surface area contributed by atoms with Gasteiger partial charge in [-0.25, -0.2) is 0 Å². The Labute approximate surface area is 193 Å². The molecule has 0 unspecified atom stereocenters. The molecular formula is C23H29N4O2S2+. The predicted octanol–water partition coefficient (Wildman–Crippen LogP) is 2.20. The maximum absolute atomic E-state index is 13.1. The van der Waals surface area contributed by atoms with Gasteiger partial charge in [0.05, 0.1) is 20.2 Å². The van der Waals surface area contributed by atoms with Gasteiger partial charge in [-0.05, 0) is 48.0 Å². The zero-order valence-electron chi connectivity index (χ0n) is 17.6. The van der Waals surface area contributed by atoms with Gasteiger partial charge in [0.25, 0.3) is 0 Å². The van der Waals surface area contributed by atoms with Gasteiger partial charge in [-0.15, -0.1) is 0 Å². The molecule has 5 rings (SSSR count). The van der Waals surface area contributed by atoms with Crippen LogP contribution in [0.2, 0.25) is 0 Å². The molecule has 0 aliphatic carbocycles. The van der Waals surface area contributed by atoms with Gasteiger partial charge in [-0.1, -0.05) is 42.1 Å². The molecule has 164 valence electrons. The number of thiocarbonyl (C=S) groups is 1. The first-order chi connectivity index (χ1) is 15.1. The smallest absolute Gasteiger partial charge is 0.248 e. The van der Waals surface area contributed by atoms with Crippen molar-refractivity contribution in [3.05, 3.63) is 60.2 Å². The number of fused-ring (bicyclic) bond motifs is 3. The number of hydrogen-bond acceptors (Lipinski definition) is 4. The summed E-state index contributed by atoms with van der Waals surface area (Å²) in [5, 5.41) is 3.73. The summed E-state index contributed by atoms with van der Waals surface area (Å²) in [6, 6.07) is 17.9. The van der Waals surface area contributed by atoms with Crippen LogP contribution in [0.4, 0.5) is 5.69 Å². The van der Waals surface area contributed by atoms with E-state index >= 15 is 0 Å². The lowest BCUT2D eigenvalue weighted by Crippen LogP contribution is -3.19. The number of thioether (sulfide) groups is 1. The number of amides is 1. The first kappa shape index (κ1) is 21.9. The molecule has 2 aromatic rings. The first-order valence-corrected chi connectivity index (χ1v) is 12.1. The zero-order chi connectivity index (χ0) is 21.6. The van der Waals surface area contributed by atoms with E-state index in [1.165, 1.54) is 10.5 Å². The third kappa shape index (κ3) is 5.50. The molecule has 3 aliphatic rings. The van der Waals surface area contributed by atoms with Crippen LogP contribution in [0.1, 0.15) is 18.4 Å². The Balaban J connectivity index is 1.35. The zero-order valence-corrected chi connectivity index (χ0v) is 19.2. The highest BCUT2D eigenvalue weighted by atomic mass is 32.2. The Morgan fingerprint density at radius 2 is 1.81 bits per heavy atom. The fraction of sp³-hybridized carbons (Fsp3) is 0.391. The Morgan fingerprint density at radius 1 is 1.10 bits per heavy atom. The molecule has 0 spiro atoms. The standard InChI is InChI=1S/C23H28N4O2S2/c1-29-19-9-7-16(8-10-19)15-31-22-20(17-11-13-27(22)14-12-17)21(28)25-26-23(30)24-18-5-3-2-4-6-18/h2-10,17,20,22H,11-15H2,1H3,(H,25,28)(H2,24,26,30)/p+1/t20-,22-/m1/s1. The van der Waals surface area contributed by atoms with Gasteiger partial charge in [0.2, 0.25) is 5.91 Å². The Hall–Kier alpha value is -2.29. The van der Waals surface area contributed by atoms with Gasteiger partial charge in [0.1, 0.15) is 17.0 Å². The molecule has 8 heteroatoms. The molecule has 2 bridgehead atoms. The van der Waals surface area contributed by atoms with Crippen LogP contribution in [0, 0.1) is 11.8 Å². The SMILES string of the molecule is COc1ccc(CS[C@@H]2[C@@H](C(=O)NNC(=S)Nc3ccccc3)C3CC[NH+]2CC3)cc1. The number of benzene rings is 2. The number of carbonyl (C=O) groups is 1. The van der Waals surface area contributed by atoms with E-state index in [4.69, 9.17) is 17.0 Å². The topological polar surface area (TPSA) is 66.8 Å². The van der Waals surface area contributed by atoms with Crippen LogP contribution in [0.3, 0.4) is 0 Å². The molecule has 1 amide bonds. The number of para-hydroxylation sites is 1. The molecule has 0 saturated carbocycles. The van der Waals surface area contributed by atoms with E-state index in [2.05, 4.69) is 28.3 Å². The third-order valence-corrected chi connectivity index (χ3v) is 7.82. The molecule has 31 heavy (non-hydrogen) atoms. The van der Waals surface area contributed by atoms with Gasteiger partial charge >= 0.3 is 0 Å². The largest absolute Gasteiger partial charge is 0.497 e. The molecule has 4 N–H and O–H groups in total. The van der Waals surface area contributed by atoms with Crippen LogP contribution in [-0.2, 0) is 10.5 Å². The van der Waals surface area contributed by atoms with Crippen molar-refractivity contribution in [3.63, 3.8) is 0 Å². The summed E-state index contributed by atoms with van der Waals surface area (Å²) in [5.41, 5.74) is 7.88. The number of piperidine rings is 3. The second kappa shape index (κ2) is 10.3. The van der Waals surface area contributed by atoms with Crippen LogP contribution in [0.15, 0.2) is 54.6 Å². The number of ether oxygens (including phenoxy) is 1. The van der Waals surface area contributed by atoms with E-state index < -0.39 is 0 Å². The summed E-state index contributed by atoms with van der Waals surface area (Å²) < 4.78 is 5.25. The minimum atomic E-state index is -0.0206. The Morgan fingerprint density at radius 3 is 2.48 bits per heavy atom. The Kier molecular flexibility index (Phi) is 7.32. The maximum Gasteiger partial charge on any atom is 0.248 e. The number of quaternary nitrogens is 1. The molecule has 3 heterocycles. The normalized spacial score (nSPS) is 24.3. The van der Waals surface area contributed by atoms with Crippen molar-refractivity contribution < 1.29 is 14.4 Å². The first-order valence-electron chi connectivity index (χ1n) is 10.6. The third-order valence-electron chi connectivity index (χ3n) is 6.13. The fourth-order valence-electron chi connectivity index (χ4n) is 4.52. The highest BCUT2D eigenvalue weighted by molar-refractivity contribution is 7.99. The molecule has 3 saturated heterocycles. The van der Waals surface area contributed by atoms with Gasteiger partial charge in [0, 0.05) is 24.3 Å². The number of rotatable bonds is 6. The van der Waals surface area contributed by atoms with E-state index in [9.17, 15) is 4.79 Å². The number of methoxy groups -OCH3 is 1. The number of hydrogen-bond donors (Lipinski definition) is 4. The second-order valence-corrected chi connectivity index (χ2v) is 9.57. The minimum absolute atomic E-state index is 0.0206. The highest BCUT2D eigenvalue weighted by Crippen LogP contribution is 2.34. The molecule has 0 radical (unpaired) electrons. The van der Waals surface area contributed by atoms with Crippen molar-refractivity contribution in [2.75, 3.05) is 25.5 Å². The lowest BCUT2D eigenvalue weighted by molar-refractivity contribution is -0.930. The maximum atomic E-state index is 13.1. The molecule has 3 fully saturated rings. The summed E-state index contributed by atoms with van der Waals surface area (Å²) in [4.78, 5) is 14.7. The van der Waals surface area contributed by atoms with Crippen LogP contribution < -0.4 is 25.8 Å². The summed E-state index contributed by atoms with van der Waals surface area (Å²) in [6.07, 6.45) is 2.22. The van der Waals surface area contributed by atoms with Gasteiger partial charge in [-0.2, -0.15) is 0 Å². The van der Waals surface area contributed by atoms with E-state index in [1.807, 2.05) is 54.2 Å². The number of hydrazine groups is 1. The van der Waals surface area contributed by atoms with Gasteiger partial charge < -0.3 is 15.0 Å². The van der Waals surface area contributed by atoms with Crippen LogP contribution in [0.5, 0.6) is 5.75 Å². The van der Waals surface area contributed by atoms with Crippen LogP contribution >= 0.6 is 24.0 Å². The average Bonchev–Trinajstić information content (AvgIpc) is 2.82. The van der Waals surface area contributed by atoms with Crippen LogP contribution in [0.25, 0.3) is 0 Å². The van der Waals surface area contributed by atoms with Crippen molar-refractivity contribution in [1.29, 1.82) is 0 Å². The van der Waals surface area contributed by atoms with Crippen molar-refractivity contribution >= 4 is 40.7 Å². The predicted molar refractivity (Wildman–Crippen MR) is 129 cm³/mol. The minimum Gasteiger partial charge on any atom is -0.497 e. The summed E-state index contributed by atoms with van der Waals surface area (Å²) >= 11 is 7.22. The van der Waals surface area contributed by atoms with E-state index in [-0.39, 0.29) is 17.2 Å². The van der Waals surface area contributed by atoms with Crippen molar-refractivity contribution in [1.82, 2.24) is 10.9 Å². The molecule has 2 atom stereocenters. The molecular weight excluding hydrogens is 428 g/mol. The number of nitrogens with one attached hydrogen (secondary N) is 4. The van der Waals surface area contributed by atoms with Crippen molar-refractivity contribution in [2.24, 2.45) is 11.8 Å². The summed E-state index contributed by atoms with van der Waals surface area (Å²) in [6.45, 7) is 2.30. The average molecular weight is 458 g/mol. The molecule has 6 nitrogen and oxygen atoms in total. The summed E-state index contributed by atoms with van der Waals surface area (Å²) in [7, 11) is 1.68. The van der Waals surface area contributed by atoms with Crippen molar-refractivity contribution in [3.8, 4) is 5.75 Å². The number of carbonyl (C=O) groups excluding carboxylic acids is 1. The highest BCUT2D eigenvalue weighted by Gasteiger charge is 2.49. The Bertz CT molecular complexity index is 886. The van der Waals surface area contributed by atoms with E-state index in [0.29, 0.717) is 11.0 Å². The molecule has 0 aromatic heterocycles. The second-order valence-electron chi connectivity index (χ2n) is 8.04. The van der Waals surface area contributed by atoms with E-state index in [0.717, 1.165) is 43.1 Å². The van der Waals surface area contributed by atoms with Crippen molar-refractivity contribution in [2.45, 2.75) is 24.0 Å². The lowest BCUT2D eigenvalue weighted by Gasteiger charge is -2.46. The van der Waals surface area contributed by atoms with Gasteiger partial charge in [-0.3, -0.25) is 15.6 Å². The quantitative estimate of drug-likeness (QED) is 0.394. The number of anilines is 1. The van der Waals surface area contributed by atoms with E-state index in [1.54, 1.807) is 7.11 Å². The van der Waals surface area contributed by atoms with Crippen LogP contribution in [-0.4, -0.2) is 36.6 Å². The molecule has 2 aromatic carbocycles. The monoisotopic (exact) mass is 457 g/mol. The fourth-order valence-corrected chi connectivity index (χ4v) is 6.28. The summed E-state index contributed by atoms with van der Waals surface area (Å²) in [5.74, 6) is 2.20. The lowest BCUT2D eigenvalue weighted by atomic mass is 9.78. The van der Waals surface area contributed by atoms with Gasteiger partial charge in [0.15, 0.2) is 5.11 Å².